The van der Waals surface area contributed by atoms with E-state index in [9.17, 15) is 0 Å². The Bertz CT molecular complexity index is 3330. The van der Waals surface area contributed by atoms with Gasteiger partial charge in [0.2, 0.25) is 0 Å². The number of fused-ring (bicyclic) bond motifs is 6. The molecule has 0 fully saturated rings. The molecule has 10 aromatic rings. The van der Waals surface area contributed by atoms with Crippen LogP contribution in [0.25, 0.3) is 55.6 Å². The van der Waals surface area contributed by atoms with Gasteiger partial charge in [-0.1, -0.05) is 226 Å². The van der Waals surface area contributed by atoms with Crippen molar-refractivity contribution in [3.05, 3.63) is 282 Å². The molecule has 12 rings (SSSR count). The van der Waals surface area contributed by atoms with Crippen molar-refractivity contribution in [2.24, 2.45) is 0 Å². The maximum Gasteiger partial charge on any atom is 0.0714 e. The molecule has 2 aliphatic carbocycles. The minimum absolute atomic E-state index is 0.235. The summed E-state index contributed by atoms with van der Waals surface area (Å²) in [5.74, 6) is 0. The van der Waals surface area contributed by atoms with Gasteiger partial charge in [-0.25, -0.2) is 0 Å². The monoisotopic (exact) mass is 829 g/mol. The van der Waals surface area contributed by atoms with E-state index in [4.69, 9.17) is 0 Å². The Morgan fingerprint density at radius 3 is 1.35 bits per heavy atom. The average molecular weight is 830 g/mol. The molecule has 0 bridgehead atoms. The lowest BCUT2D eigenvalue weighted by Crippen LogP contribution is -2.28. The number of nitrogens with zero attached hydrogens (tertiary/aromatic N) is 1. The number of benzene rings is 10. The van der Waals surface area contributed by atoms with E-state index in [0.29, 0.717) is 0 Å². The molecule has 0 aliphatic heterocycles. The first-order valence-electron chi connectivity index (χ1n) is 22.8. The summed E-state index contributed by atoms with van der Waals surface area (Å²) in [6.45, 7) is 4.79. The first-order valence-corrected chi connectivity index (χ1v) is 22.8. The molecule has 0 saturated heterocycles. The summed E-state index contributed by atoms with van der Waals surface area (Å²) in [4.78, 5) is 2.54. The molecule has 0 aromatic heterocycles. The summed E-state index contributed by atoms with van der Waals surface area (Å²) in [7, 11) is 0. The Hall–Kier alpha value is -8.00. The van der Waals surface area contributed by atoms with Gasteiger partial charge in [0, 0.05) is 22.4 Å². The molecule has 0 amide bonds. The molecule has 1 heteroatoms. The molecular formula is C64H47N. The zero-order chi connectivity index (χ0) is 43.5. The van der Waals surface area contributed by atoms with Crippen LogP contribution in [-0.4, -0.2) is 0 Å². The van der Waals surface area contributed by atoms with Crippen molar-refractivity contribution >= 4 is 17.1 Å². The van der Waals surface area contributed by atoms with Crippen LogP contribution in [0.3, 0.4) is 0 Å². The van der Waals surface area contributed by atoms with Crippen LogP contribution < -0.4 is 4.90 Å². The van der Waals surface area contributed by atoms with Gasteiger partial charge in [-0.05, 0) is 120 Å². The maximum absolute atomic E-state index is 2.54. The highest BCUT2D eigenvalue weighted by atomic mass is 15.1. The van der Waals surface area contributed by atoms with Gasteiger partial charge < -0.3 is 4.90 Å². The first kappa shape index (κ1) is 38.7. The second kappa shape index (κ2) is 15.4. The summed E-state index contributed by atoms with van der Waals surface area (Å²) in [6.07, 6.45) is 0. The van der Waals surface area contributed by atoms with E-state index in [1.807, 2.05) is 0 Å². The molecule has 0 radical (unpaired) electrons. The highest BCUT2D eigenvalue weighted by Gasteiger charge is 2.46. The van der Waals surface area contributed by atoms with E-state index in [2.05, 4.69) is 267 Å². The fourth-order valence-electron chi connectivity index (χ4n) is 11.2. The van der Waals surface area contributed by atoms with Crippen molar-refractivity contribution in [1.29, 1.82) is 0 Å². The first-order chi connectivity index (χ1) is 32.0. The van der Waals surface area contributed by atoms with Crippen molar-refractivity contribution in [2.75, 3.05) is 4.90 Å². The zero-order valence-electron chi connectivity index (χ0n) is 36.6. The number of hydrogen-bond donors (Lipinski definition) is 0. The van der Waals surface area contributed by atoms with Gasteiger partial charge >= 0.3 is 0 Å². The normalized spacial score (nSPS) is 13.6. The Labute approximate surface area is 382 Å². The van der Waals surface area contributed by atoms with Crippen LogP contribution >= 0.6 is 0 Å². The van der Waals surface area contributed by atoms with E-state index < -0.39 is 5.41 Å². The third kappa shape index (κ3) is 6.07. The van der Waals surface area contributed by atoms with Crippen LogP contribution in [0.2, 0.25) is 0 Å². The lowest BCUT2D eigenvalue weighted by Gasteiger charge is -2.35. The summed E-state index contributed by atoms with van der Waals surface area (Å²) in [5, 5.41) is 0. The van der Waals surface area contributed by atoms with Crippen molar-refractivity contribution in [2.45, 2.75) is 24.7 Å². The second-order valence-corrected chi connectivity index (χ2v) is 18.0. The van der Waals surface area contributed by atoms with Crippen molar-refractivity contribution in [3.63, 3.8) is 0 Å². The number of anilines is 3. The van der Waals surface area contributed by atoms with Gasteiger partial charge in [-0.2, -0.15) is 0 Å². The van der Waals surface area contributed by atoms with E-state index in [0.717, 1.165) is 17.1 Å². The molecule has 0 atom stereocenters. The van der Waals surface area contributed by atoms with E-state index in [-0.39, 0.29) is 5.41 Å². The minimum atomic E-state index is -0.539. The summed E-state index contributed by atoms with van der Waals surface area (Å²) in [5.41, 5.74) is 22.7. The fraction of sp³-hybridized carbons (Fsp3) is 0.0625. The predicted molar refractivity (Wildman–Crippen MR) is 272 cm³/mol. The Morgan fingerprint density at radius 1 is 0.292 bits per heavy atom. The largest absolute Gasteiger partial charge is 0.310 e. The van der Waals surface area contributed by atoms with E-state index in [1.165, 1.54) is 89.0 Å². The highest BCUT2D eigenvalue weighted by Crippen LogP contribution is 2.58. The molecule has 0 heterocycles. The molecule has 10 aromatic carbocycles. The van der Waals surface area contributed by atoms with Crippen LogP contribution in [0.5, 0.6) is 0 Å². The lowest BCUT2D eigenvalue weighted by atomic mass is 9.67. The molecule has 65 heavy (non-hydrogen) atoms. The molecule has 308 valence electrons. The maximum atomic E-state index is 2.54. The molecular weight excluding hydrogens is 783 g/mol. The minimum Gasteiger partial charge on any atom is -0.310 e. The number of rotatable bonds is 8. The van der Waals surface area contributed by atoms with Gasteiger partial charge in [0.1, 0.15) is 0 Å². The van der Waals surface area contributed by atoms with Gasteiger partial charge in [0.15, 0.2) is 0 Å². The van der Waals surface area contributed by atoms with Crippen molar-refractivity contribution in [1.82, 2.24) is 0 Å². The third-order valence-electron chi connectivity index (χ3n) is 14.2. The van der Waals surface area contributed by atoms with Crippen molar-refractivity contribution in [3.8, 4) is 55.6 Å². The smallest absolute Gasteiger partial charge is 0.0714 e. The molecule has 1 nitrogen and oxygen atoms in total. The highest BCUT2D eigenvalue weighted by molar-refractivity contribution is 5.98. The van der Waals surface area contributed by atoms with Gasteiger partial charge in [-0.15, -0.1) is 0 Å². The van der Waals surface area contributed by atoms with Crippen LogP contribution in [0.4, 0.5) is 17.1 Å². The Morgan fingerprint density at radius 2 is 0.738 bits per heavy atom. The van der Waals surface area contributed by atoms with Gasteiger partial charge in [0.25, 0.3) is 0 Å². The molecule has 0 saturated carbocycles. The van der Waals surface area contributed by atoms with Gasteiger partial charge in [0.05, 0.1) is 11.1 Å². The van der Waals surface area contributed by atoms with Crippen molar-refractivity contribution < 1.29 is 0 Å². The Kier molecular flexibility index (Phi) is 9.14. The molecule has 2 aliphatic rings. The molecule has 0 unspecified atom stereocenters. The summed E-state index contributed by atoms with van der Waals surface area (Å²) < 4.78 is 0. The summed E-state index contributed by atoms with van der Waals surface area (Å²) in [6, 6.07) is 92.1. The second-order valence-electron chi connectivity index (χ2n) is 18.0. The zero-order valence-corrected chi connectivity index (χ0v) is 36.6. The fourth-order valence-corrected chi connectivity index (χ4v) is 11.2. The van der Waals surface area contributed by atoms with Crippen LogP contribution in [0, 0.1) is 0 Å². The predicted octanol–water partition coefficient (Wildman–Crippen LogP) is 16.8. The lowest BCUT2D eigenvalue weighted by molar-refractivity contribution is 0.660. The SMILES string of the molecule is CC1(C)c2cc(-c3ccccc3)ccc2-c2ccc(N(c3ccc4c(c3)C(c3ccccc3)(c3ccccc3)c3ccccc3-4)c3cccc(-c4ccccc4)c3-c3ccccc3)cc21. The molecule has 0 spiro atoms. The number of hydrogen-bond acceptors (Lipinski definition) is 1. The standard InChI is InChI=1S/C64H47N/c1-63(2)58-41-47(44-21-8-3-9-22-44)35-38-54(58)55-39-36-50(42-59(55)63)65(61-34-20-32-52(45-23-10-4-11-24-45)62(61)46-25-12-5-13-26-46)51-37-40-56-53-31-18-19-33-57(53)64(60(56)43-51,48-27-14-6-15-28-48)49-29-16-7-17-30-49/h3-43H,1-2H3. The average Bonchev–Trinajstić information content (AvgIpc) is 3.80. The Balaban J connectivity index is 1.13. The van der Waals surface area contributed by atoms with E-state index in [1.54, 1.807) is 0 Å². The van der Waals surface area contributed by atoms with Crippen LogP contribution in [0.1, 0.15) is 47.2 Å². The quantitative estimate of drug-likeness (QED) is 0.147. The molecule has 0 N–H and O–H groups in total. The van der Waals surface area contributed by atoms with Gasteiger partial charge in [-0.3, -0.25) is 0 Å². The van der Waals surface area contributed by atoms with Crippen LogP contribution in [0.15, 0.2) is 249 Å². The van der Waals surface area contributed by atoms with Crippen LogP contribution in [-0.2, 0) is 10.8 Å². The van der Waals surface area contributed by atoms with E-state index >= 15 is 0 Å². The third-order valence-corrected chi connectivity index (χ3v) is 14.2. The topological polar surface area (TPSA) is 3.24 Å². The summed E-state index contributed by atoms with van der Waals surface area (Å²) >= 11 is 0.